The van der Waals surface area contributed by atoms with Gasteiger partial charge in [-0.2, -0.15) is 0 Å². The first-order valence-electron chi connectivity index (χ1n) is 9.62. The van der Waals surface area contributed by atoms with Crippen molar-refractivity contribution in [2.75, 3.05) is 39.5 Å². The van der Waals surface area contributed by atoms with Crippen molar-refractivity contribution >= 4 is 5.97 Å². The largest absolute Gasteiger partial charge is 0.490 e. The summed E-state index contributed by atoms with van der Waals surface area (Å²) in [5, 5.41) is 0. The summed E-state index contributed by atoms with van der Waals surface area (Å²) < 4.78 is 22.8. The molecule has 1 aromatic rings. The molecule has 0 saturated carbocycles. The second-order valence-electron chi connectivity index (χ2n) is 6.16. The molecule has 0 spiro atoms. The number of carbonyl (C=O) groups excluding carboxylic acids is 1. The highest BCUT2D eigenvalue weighted by Gasteiger charge is 2.25. The van der Waals surface area contributed by atoms with Crippen LogP contribution in [0.5, 0.6) is 17.2 Å². The van der Waals surface area contributed by atoms with Crippen molar-refractivity contribution in [1.29, 1.82) is 0 Å². The quantitative estimate of drug-likeness (QED) is 0.624. The van der Waals surface area contributed by atoms with Crippen LogP contribution in [0.2, 0.25) is 0 Å². The molecule has 0 bridgehead atoms. The number of likely N-dealkylation sites (tertiary alicyclic amines) is 1. The molecular weight excluding hydrogens is 334 g/mol. The molecule has 1 atom stereocenters. The highest BCUT2D eigenvalue weighted by atomic mass is 16.6. The molecule has 1 aliphatic heterocycles. The summed E-state index contributed by atoms with van der Waals surface area (Å²) in [4.78, 5) is 15.0. The SMILES string of the molecule is CCOc1cc(C(=O)OC2CCCN(CC)C2)cc(OCC)c1OCC. The van der Waals surface area contributed by atoms with Gasteiger partial charge < -0.3 is 18.9 Å². The Bertz CT molecular complexity index is 563. The highest BCUT2D eigenvalue weighted by Crippen LogP contribution is 2.39. The van der Waals surface area contributed by atoms with Crippen molar-refractivity contribution in [3.05, 3.63) is 17.7 Å². The van der Waals surface area contributed by atoms with E-state index in [1.54, 1.807) is 12.1 Å². The number of hydrogen-bond donors (Lipinski definition) is 0. The van der Waals surface area contributed by atoms with Crippen LogP contribution in [0.1, 0.15) is 50.9 Å². The molecule has 1 aromatic carbocycles. The van der Waals surface area contributed by atoms with Gasteiger partial charge in [-0.25, -0.2) is 4.79 Å². The van der Waals surface area contributed by atoms with E-state index in [4.69, 9.17) is 18.9 Å². The standard InChI is InChI=1S/C20H31NO5/c1-5-21-11-9-10-16(14-21)26-20(22)15-12-17(23-6-2)19(25-8-4)18(13-15)24-7-3/h12-13,16H,5-11,14H2,1-4H3. The first kappa shape index (κ1) is 20.4. The van der Waals surface area contributed by atoms with Gasteiger partial charge in [0.2, 0.25) is 5.75 Å². The number of carbonyl (C=O) groups is 1. The molecule has 26 heavy (non-hydrogen) atoms. The predicted molar refractivity (Wildman–Crippen MR) is 101 cm³/mol. The van der Waals surface area contributed by atoms with Gasteiger partial charge >= 0.3 is 5.97 Å². The van der Waals surface area contributed by atoms with Gasteiger partial charge in [-0.15, -0.1) is 0 Å². The number of nitrogens with zero attached hydrogens (tertiary/aromatic N) is 1. The third-order valence-electron chi connectivity index (χ3n) is 4.33. The van der Waals surface area contributed by atoms with Crippen LogP contribution >= 0.6 is 0 Å². The Kier molecular flexibility index (Phi) is 8.04. The summed E-state index contributed by atoms with van der Waals surface area (Å²) >= 11 is 0. The van der Waals surface area contributed by atoms with E-state index in [2.05, 4.69) is 11.8 Å². The number of benzene rings is 1. The summed E-state index contributed by atoms with van der Waals surface area (Å²) in [5.41, 5.74) is 0.425. The molecule has 1 heterocycles. The van der Waals surface area contributed by atoms with Crippen LogP contribution in [0.3, 0.4) is 0 Å². The lowest BCUT2D eigenvalue weighted by Gasteiger charge is -2.31. The van der Waals surface area contributed by atoms with Crippen LogP contribution < -0.4 is 14.2 Å². The molecule has 0 aliphatic carbocycles. The van der Waals surface area contributed by atoms with Crippen molar-refractivity contribution in [3.8, 4) is 17.2 Å². The fraction of sp³-hybridized carbons (Fsp3) is 0.650. The highest BCUT2D eigenvalue weighted by molar-refractivity contribution is 5.91. The molecule has 0 radical (unpaired) electrons. The molecule has 1 saturated heterocycles. The zero-order valence-corrected chi connectivity index (χ0v) is 16.4. The minimum atomic E-state index is -0.349. The maximum Gasteiger partial charge on any atom is 0.338 e. The van der Waals surface area contributed by atoms with Crippen LogP contribution in [0.15, 0.2) is 12.1 Å². The van der Waals surface area contributed by atoms with Gasteiger partial charge in [-0.1, -0.05) is 6.92 Å². The third-order valence-corrected chi connectivity index (χ3v) is 4.33. The average Bonchev–Trinajstić information content (AvgIpc) is 2.64. The number of rotatable bonds is 9. The van der Waals surface area contributed by atoms with Crippen LogP contribution in [-0.4, -0.2) is 56.4 Å². The van der Waals surface area contributed by atoms with E-state index in [0.29, 0.717) is 42.6 Å². The zero-order valence-electron chi connectivity index (χ0n) is 16.4. The Labute approximate surface area is 156 Å². The average molecular weight is 365 g/mol. The van der Waals surface area contributed by atoms with Gasteiger partial charge in [-0.05, 0) is 58.8 Å². The molecule has 1 fully saturated rings. The summed E-state index contributed by atoms with van der Waals surface area (Å²) in [6.07, 6.45) is 1.87. The Morgan fingerprint density at radius 2 is 1.65 bits per heavy atom. The molecular formula is C20H31NO5. The lowest BCUT2D eigenvalue weighted by Crippen LogP contribution is -2.40. The van der Waals surface area contributed by atoms with Crippen molar-refractivity contribution in [3.63, 3.8) is 0 Å². The maximum atomic E-state index is 12.7. The number of likely N-dealkylation sites (N-methyl/N-ethyl adjacent to an activating group) is 1. The summed E-state index contributed by atoms with van der Waals surface area (Å²) in [7, 11) is 0. The maximum absolute atomic E-state index is 12.7. The van der Waals surface area contributed by atoms with Crippen LogP contribution in [0, 0.1) is 0 Å². The number of hydrogen-bond acceptors (Lipinski definition) is 6. The van der Waals surface area contributed by atoms with Gasteiger partial charge in [0.15, 0.2) is 11.5 Å². The predicted octanol–water partition coefficient (Wildman–Crippen LogP) is 3.52. The number of piperidine rings is 1. The van der Waals surface area contributed by atoms with Gasteiger partial charge in [-0.3, -0.25) is 4.90 Å². The lowest BCUT2D eigenvalue weighted by atomic mass is 10.1. The number of esters is 1. The fourth-order valence-electron chi connectivity index (χ4n) is 3.12. The minimum Gasteiger partial charge on any atom is -0.490 e. The molecule has 0 amide bonds. The Balaban J connectivity index is 2.22. The smallest absolute Gasteiger partial charge is 0.338 e. The van der Waals surface area contributed by atoms with Crippen LogP contribution in [0.25, 0.3) is 0 Å². The normalized spacial score (nSPS) is 17.6. The van der Waals surface area contributed by atoms with Gasteiger partial charge in [0.05, 0.1) is 25.4 Å². The van der Waals surface area contributed by atoms with Crippen LogP contribution in [0.4, 0.5) is 0 Å². The van der Waals surface area contributed by atoms with E-state index >= 15 is 0 Å². The molecule has 1 unspecified atom stereocenters. The van der Waals surface area contributed by atoms with Gasteiger partial charge in [0.1, 0.15) is 6.10 Å². The minimum absolute atomic E-state index is 0.0751. The molecule has 6 nitrogen and oxygen atoms in total. The van der Waals surface area contributed by atoms with E-state index in [1.807, 2.05) is 20.8 Å². The van der Waals surface area contributed by atoms with Gasteiger partial charge in [0.25, 0.3) is 0 Å². The Morgan fingerprint density at radius 1 is 1.04 bits per heavy atom. The summed E-state index contributed by atoms with van der Waals surface area (Å²) in [6.45, 7) is 12.1. The number of ether oxygens (including phenoxy) is 4. The zero-order chi connectivity index (χ0) is 18.9. The molecule has 6 heteroatoms. The van der Waals surface area contributed by atoms with Crippen molar-refractivity contribution < 1.29 is 23.7 Å². The summed E-state index contributed by atoms with van der Waals surface area (Å²) in [6, 6.07) is 3.36. The van der Waals surface area contributed by atoms with Crippen molar-refractivity contribution in [2.24, 2.45) is 0 Å². The Hall–Kier alpha value is -1.95. The van der Waals surface area contributed by atoms with E-state index < -0.39 is 0 Å². The molecule has 0 N–H and O–H groups in total. The lowest BCUT2D eigenvalue weighted by molar-refractivity contribution is 0.00766. The summed E-state index contributed by atoms with van der Waals surface area (Å²) in [5.74, 6) is 1.19. The van der Waals surface area contributed by atoms with Crippen molar-refractivity contribution in [1.82, 2.24) is 4.90 Å². The monoisotopic (exact) mass is 365 g/mol. The third kappa shape index (κ3) is 5.27. The first-order valence-corrected chi connectivity index (χ1v) is 9.62. The Morgan fingerprint density at radius 3 is 2.19 bits per heavy atom. The first-order chi connectivity index (χ1) is 12.6. The second-order valence-corrected chi connectivity index (χ2v) is 6.16. The van der Waals surface area contributed by atoms with E-state index in [0.717, 1.165) is 32.5 Å². The topological polar surface area (TPSA) is 57.2 Å². The van der Waals surface area contributed by atoms with Gasteiger partial charge in [0, 0.05) is 6.54 Å². The molecule has 0 aromatic heterocycles. The van der Waals surface area contributed by atoms with E-state index in [-0.39, 0.29) is 12.1 Å². The molecule has 2 rings (SSSR count). The molecule has 1 aliphatic rings. The van der Waals surface area contributed by atoms with E-state index in [1.165, 1.54) is 0 Å². The van der Waals surface area contributed by atoms with E-state index in [9.17, 15) is 4.79 Å². The van der Waals surface area contributed by atoms with Crippen LogP contribution in [-0.2, 0) is 4.74 Å². The van der Waals surface area contributed by atoms with Crippen molar-refractivity contribution in [2.45, 2.75) is 46.6 Å². The second kappa shape index (κ2) is 10.3. The molecule has 146 valence electrons. The fourth-order valence-corrected chi connectivity index (χ4v) is 3.12.